The second kappa shape index (κ2) is 5.47. The van der Waals surface area contributed by atoms with Crippen LogP contribution in [-0.4, -0.2) is 46.7 Å². The molecule has 1 saturated heterocycles. The zero-order chi connectivity index (χ0) is 16.7. The molecule has 0 radical (unpaired) electrons. The first-order valence-corrected chi connectivity index (χ1v) is 8.61. The van der Waals surface area contributed by atoms with Crippen molar-refractivity contribution in [2.45, 2.75) is 18.2 Å². The van der Waals surface area contributed by atoms with Crippen LogP contribution in [0.5, 0.6) is 0 Å². The van der Waals surface area contributed by atoms with E-state index in [-0.39, 0.29) is 18.0 Å². The fourth-order valence-electron chi connectivity index (χ4n) is 2.61. The molecule has 122 valence electrons. The SMILES string of the molecule is C[C@@]1(C(=O)O)CCN(S(=O)(=O)c2cnn(-c3ccccc3)c2)C1. The van der Waals surface area contributed by atoms with Crippen molar-refractivity contribution >= 4 is 16.0 Å². The highest BCUT2D eigenvalue weighted by Gasteiger charge is 2.45. The first-order chi connectivity index (χ1) is 10.8. The van der Waals surface area contributed by atoms with E-state index in [4.69, 9.17) is 0 Å². The van der Waals surface area contributed by atoms with Crippen LogP contribution in [-0.2, 0) is 14.8 Å². The number of carboxylic acid groups (broad SMARTS) is 1. The summed E-state index contributed by atoms with van der Waals surface area (Å²) in [7, 11) is -3.74. The average Bonchev–Trinajstić information content (AvgIpc) is 3.16. The molecule has 1 aromatic heterocycles. The molecule has 0 spiro atoms. The fourth-order valence-corrected chi connectivity index (χ4v) is 4.11. The maximum atomic E-state index is 12.7. The Morgan fingerprint density at radius 2 is 2.00 bits per heavy atom. The van der Waals surface area contributed by atoms with Crippen LogP contribution in [0.1, 0.15) is 13.3 Å². The highest BCUT2D eigenvalue weighted by molar-refractivity contribution is 7.89. The van der Waals surface area contributed by atoms with Crippen molar-refractivity contribution < 1.29 is 18.3 Å². The van der Waals surface area contributed by atoms with Crippen molar-refractivity contribution in [1.29, 1.82) is 0 Å². The smallest absolute Gasteiger partial charge is 0.310 e. The zero-order valence-corrected chi connectivity index (χ0v) is 13.4. The predicted octanol–water partition coefficient (Wildman–Crippen LogP) is 1.36. The third-order valence-electron chi connectivity index (χ3n) is 4.17. The molecule has 1 aliphatic rings. The fraction of sp³-hybridized carbons (Fsp3) is 0.333. The quantitative estimate of drug-likeness (QED) is 0.910. The summed E-state index contributed by atoms with van der Waals surface area (Å²) in [6.07, 6.45) is 3.04. The molecule has 1 fully saturated rings. The minimum atomic E-state index is -3.74. The molecule has 3 rings (SSSR count). The molecule has 8 heteroatoms. The highest BCUT2D eigenvalue weighted by Crippen LogP contribution is 2.33. The van der Waals surface area contributed by atoms with Crippen LogP contribution in [0.25, 0.3) is 5.69 Å². The zero-order valence-electron chi connectivity index (χ0n) is 12.6. The maximum Gasteiger partial charge on any atom is 0.310 e. The lowest BCUT2D eigenvalue weighted by Gasteiger charge is -2.19. The van der Waals surface area contributed by atoms with E-state index >= 15 is 0 Å². The normalized spacial score (nSPS) is 22.3. The van der Waals surface area contributed by atoms with Crippen molar-refractivity contribution in [3.63, 3.8) is 0 Å². The Hall–Kier alpha value is -2.19. The molecule has 23 heavy (non-hydrogen) atoms. The summed E-state index contributed by atoms with van der Waals surface area (Å²) in [5.41, 5.74) is -0.284. The number of carboxylic acids is 1. The Labute approximate surface area is 134 Å². The van der Waals surface area contributed by atoms with E-state index in [0.29, 0.717) is 6.42 Å². The number of hydrogen-bond donors (Lipinski definition) is 1. The molecule has 1 atom stereocenters. The Morgan fingerprint density at radius 1 is 1.30 bits per heavy atom. The molecular formula is C15H17N3O4S. The van der Waals surface area contributed by atoms with Gasteiger partial charge in [0.25, 0.3) is 0 Å². The van der Waals surface area contributed by atoms with Crippen LogP contribution < -0.4 is 0 Å². The molecule has 0 amide bonds. The summed E-state index contributed by atoms with van der Waals surface area (Å²) in [5.74, 6) is -0.977. The van der Waals surface area contributed by atoms with E-state index in [2.05, 4.69) is 5.10 Å². The van der Waals surface area contributed by atoms with Gasteiger partial charge in [0, 0.05) is 13.1 Å². The predicted molar refractivity (Wildman–Crippen MR) is 82.7 cm³/mol. The number of aromatic nitrogens is 2. The number of aliphatic carboxylic acids is 1. The number of nitrogens with zero attached hydrogens (tertiary/aromatic N) is 3. The van der Waals surface area contributed by atoms with Gasteiger partial charge >= 0.3 is 5.97 Å². The lowest BCUT2D eigenvalue weighted by Crippen LogP contribution is -2.34. The molecule has 1 aliphatic heterocycles. The van der Waals surface area contributed by atoms with Crippen molar-refractivity contribution in [3.8, 4) is 5.69 Å². The van der Waals surface area contributed by atoms with Gasteiger partial charge in [0.15, 0.2) is 0 Å². The minimum absolute atomic E-state index is 0.0266. The van der Waals surface area contributed by atoms with Gasteiger partial charge in [0.2, 0.25) is 10.0 Å². The third kappa shape index (κ3) is 2.75. The Kier molecular flexibility index (Phi) is 3.73. The van der Waals surface area contributed by atoms with Gasteiger partial charge in [-0.25, -0.2) is 13.1 Å². The Bertz CT molecular complexity index is 831. The summed E-state index contributed by atoms with van der Waals surface area (Å²) >= 11 is 0. The summed E-state index contributed by atoms with van der Waals surface area (Å²) in [5, 5.41) is 13.3. The lowest BCUT2D eigenvalue weighted by atomic mass is 9.90. The number of benzene rings is 1. The number of sulfonamides is 1. The van der Waals surface area contributed by atoms with E-state index in [1.807, 2.05) is 30.3 Å². The summed E-state index contributed by atoms with van der Waals surface area (Å²) < 4.78 is 28.0. The molecule has 0 bridgehead atoms. The number of carbonyl (C=O) groups is 1. The molecule has 0 aliphatic carbocycles. The summed E-state index contributed by atoms with van der Waals surface area (Å²) in [6, 6.07) is 9.18. The van der Waals surface area contributed by atoms with Gasteiger partial charge in [-0.1, -0.05) is 18.2 Å². The Balaban J connectivity index is 1.87. The van der Waals surface area contributed by atoms with Crippen molar-refractivity contribution in [3.05, 3.63) is 42.7 Å². The average molecular weight is 335 g/mol. The monoisotopic (exact) mass is 335 g/mol. The number of para-hydroxylation sites is 1. The number of hydrogen-bond acceptors (Lipinski definition) is 4. The van der Waals surface area contributed by atoms with Gasteiger partial charge in [-0.2, -0.15) is 9.40 Å². The second-order valence-corrected chi connectivity index (χ2v) is 7.85. The Morgan fingerprint density at radius 3 is 2.61 bits per heavy atom. The summed E-state index contributed by atoms with van der Waals surface area (Å²) in [4.78, 5) is 11.3. The van der Waals surface area contributed by atoms with Gasteiger partial charge in [-0.15, -0.1) is 0 Å². The minimum Gasteiger partial charge on any atom is -0.481 e. The first kappa shape index (κ1) is 15.7. The topological polar surface area (TPSA) is 92.5 Å². The highest BCUT2D eigenvalue weighted by atomic mass is 32.2. The molecule has 2 aromatic rings. The van der Waals surface area contributed by atoms with Crippen LogP contribution in [0.2, 0.25) is 0 Å². The molecule has 0 saturated carbocycles. The standard InChI is InChI=1S/C15H17N3O4S/c1-15(14(19)20)7-8-17(11-15)23(21,22)13-9-16-18(10-13)12-5-3-2-4-6-12/h2-6,9-10H,7-8,11H2,1H3,(H,19,20)/t15-/m1/s1. The van der Waals surface area contributed by atoms with E-state index in [9.17, 15) is 18.3 Å². The molecular weight excluding hydrogens is 318 g/mol. The van der Waals surface area contributed by atoms with Gasteiger partial charge in [0.05, 0.1) is 23.5 Å². The second-order valence-electron chi connectivity index (χ2n) is 5.91. The maximum absolute atomic E-state index is 12.7. The van der Waals surface area contributed by atoms with Crippen molar-refractivity contribution in [1.82, 2.24) is 14.1 Å². The molecule has 0 unspecified atom stereocenters. The summed E-state index contributed by atoms with van der Waals surface area (Å²) in [6.45, 7) is 1.74. The van der Waals surface area contributed by atoms with E-state index < -0.39 is 21.4 Å². The van der Waals surface area contributed by atoms with E-state index in [1.54, 1.807) is 6.92 Å². The van der Waals surface area contributed by atoms with E-state index in [0.717, 1.165) is 5.69 Å². The number of rotatable bonds is 4. The van der Waals surface area contributed by atoms with Gasteiger partial charge in [-0.3, -0.25) is 4.79 Å². The van der Waals surface area contributed by atoms with Crippen LogP contribution in [0.15, 0.2) is 47.6 Å². The third-order valence-corrected chi connectivity index (χ3v) is 5.97. The van der Waals surface area contributed by atoms with Gasteiger partial charge in [0.1, 0.15) is 4.90 Å². The van der Waals surface area contributed by atoms with Crippen LogP contribution in [0.3, 0.4) is 0 Å². The first-order valence-electron chi connectivity index (χ1n) is 7.17. The van der Waals surface area contributed by atoms with Crippen molar-refractivity contribution in [2.75, 3.05) is 13.1 Å². The van der Waals surface area contributed by atoms with Crippen molar-refractivity contribution in [2.24, 2.45) is 5.41 Å². The molecule has 1 aromatic carbocycles. The molecule has 1 N–H and O–H groups in total. The molecule has 7 nitrogen and oxygen atoms in total. The van der Waals surface area contributed by atoms with E-state index in [1.165, 1.54) is 21.4 Å². The largest absolute Gasteiger partial charge is 0.481 e. The lowest BCUT2D eigenvalue weighted by molar-refractivity contribution is -0.146. The van der Waals surface area contributed by atoms with Crippen LogP contribution >= 0.6 is 0 Å². The van der Waals surface area contributed by atoms with Gasteiger partial charge in [-0.05, 0) is 25.5 Å². The van der Waals surface area contributed by atoms with Gasteiger partial charge < -0.3 is 5.11 Å². The van der Waals surface area contributed by atoms with Crippen LogP contribution in [0.4, 0.5) is 0 Å². The molecule has 2 heterocycles. The van der Waals surface area contributed by atoms with Crippen LogP contribution in [0, 0.1) is 5.41 Å².